The molecule has 0 aliphatic heterocycles. The van der Waals surface area contributed by atoms with Crippen LogP contribution in [-0.2, 0) is 14.8 Å². The summed E-state index contributed by atoms with van der Waals surface area (Å²) in [6.45, 7) is 5.91. The molecule has 0 aliphatic rings. The lowest BCUT2D eigenvalue weighted by molar-refractivity contribution is 0.148. The molecule has 1 aromatic heterocycles. The Balaban J connectivity index is 3.49. The zero-order valence-electron chi connectivity index (χ0n) is 13.2. The van der Waals surface area contributed by atoms with Gasteiger partial charge in [0.05, 0.1) is 5.44 Å². The molecular formula is C11H14B2N4O6. The van der Waals surface area contributed by atoms with Crippen molar-refractivity contribution in [1.82, 2.24) is 9.05 Å². The van der Waals surface area contributed by atoms with Gasteiger partial charge in [-0.15, -0.1) is 0 Å². The highest BCUT2D eigenvalue weighted by molar-refractivity contribution is 6.37. The summed E-state index contributed by atoms with van der Waals surface area (Å²) in [5.74, 6) is -2.33. The van der Waals surface area contributed by atoms with Gasteiger partial charge < -0.3 is 13.8 Å². The van der Waals surface area contributed by atoms with Crippen LogP contribution in [0.4, 0.5) is 0 Å². The van der Waals surface area contributed by atoms with Gasteiger partial charge in [-0.25, -0.2) is 19.0 Å². The Morgan fingerprint density at radius 3 is 2.22 bits per heavy atom. The summed E-state index contributed by atoms with van der Waals surface area (Å²) < 4.78 is 15.2. The van der Waals surface area contributed by atoms with E-state index in [0.717, 1.165) is 0 Å². The number of hydrogen-bond acceptors (Lipinski definition) is 8. The van der Waals surface area contributed by atoms with Crippen molar-refractivity contribution < 1.29 is 13.8 Å². The summed E-state index contributed by atoms with van der Waals surface area (Å²) in [7, 11) is -0.582. The summed E-state index contributed by atoms with van der Waals surface area (Å²) in [6.07, 6.45) is 2.92. The fourth-order valence-electron chi connectivity index (χ4n) is 1.90. The van der Waals surface area contributed by atoms with Crippen LogP contribution in [0.15, 0.2) is 18.8 Å². The third-order valence-corrected chi connectivity index (χ3v) is 2.96. The normalized spacial score (nSPS) is 11.0. The first-order chi connectivity index (χ1) is 10.6. The number of rotatable bonds is 6. The van der Waals surface area contributed by atoms with Crippen molar-refractivity contribution in [3.8, 4) is 12.5 Å². The van der Waals surface area contributed by atoms with Crippen molar-refractivity contribution in [2.45, 2.75) is 38.6 Å². The standard InChI is InChI=1S/C11H14B2N4O6/c1-10(2,13-22-6-15)16-7(18)17(9(20)23-8(16)19)12-11(3,4)21-5-14/h12-13H,1-4H3. The Bertz CT molecular complexity index is 838. The molecule has 1 heterocycles. The number of ether oxygens (including phenoxy) is 1. The first kappa shape index (κ1) is 18.2. The van der Waals surface area contributed by atoms with Crippen LogP contribution < -0.4 is 17.2 Å². The number of nitriles is 2. The predicted octanol–water partition coefficient (Wildman–Crippen LogP) is -2.06. The molecule has 0 spiro atoms. The van der Waals surface area contributed by atoms with E-state index < -0.39 is 28.1 Å². The third-order valence-electron chi connectivity index (χ3n) is 2.96. The molecule has 0 atom stereocenters. The average molecular weight is 320 g/mol. The first-order valence-corrected chi connectivity index (χ1v) is 6.51. The Morgan fingerprint density at radius 1 is 1.09 bits per heavy atom. The third kappa shape index (κ3) is 4.07. The molecule has 0 bridgehead atoms. The quantitative estimate of drug-likeness (QED) is 0.430. The van der Waals surface area contributed by atoms with Gasteiger partial charge in [-0.2, -0.15) is 10.5 Å². The Hall–Kier alpha value is -2.88. The van der Waals surface area contributed by atoms with Crippen LogP contribution >= 0.6 is 0 Å². The fourth-order valence-corrected chi connectivity index (χ4v) is 1.90. The predicted molar refractivity (Wildman–Crippen MR) is 80.0 cm³/mol. The fraction of sp³-hybridized carbons (Fsp3) is 0.545. The Labute approximate surface area is 132 Å². The SMILES string of the molecule is CC(C)(Bn1c(=O)oc(=O)n(C(C)(C)BOC#N)c1=O)OC#N. The molecule has 23 heavy (non-hydrogen) atoms. The van der Waals surface area contributed by atoms with E-state index in [1.54, 1.807) is 0 Å². The Morgan fingerprint density at radius 2 is 1.70 bits per heavy atom. The van der Waals surface area contributed by atoms with Gasteiger partial charge in [0.2, 0.25) is 0 Å². The molecule has 0 aliphatic carbocycles. The lowest BCUT2D eigenvalue weighted by Crippen LogP contribution is -2.58. The van der Waals surface area contributed by atoms with E-state index in [-0.39, 0.29) is 14.9 Å². The van der Waals surface area contributed by atoms with E-state index in [4.69, 9.17) is 15.3 Å². The molecular weight excluding hydrogens is 306 g/mol. The van der Waals surface area contributed by atoms with Gasteiger partial charge in [0, 0.05) is 0 Å². The molecule has 0 aromatic carbocycles. The van der Waals surface area contributed by atoms with E-state index in [1.165, 1.54) is 40.2 Å². The van der Waals surface area contributed by atoms with E-state index in [0.29, 0.717) is 9.05 Å². The van der Waals surface area contributed by atoms with Crippen molar-refractivity contribution in [3.63, 3.8) is 0 Å². The van der Waals surface area contributed by atoms with Crippen LogP contribution in [-0.4, -0.2) is 29.4 Å². The zero-order valence-corrected chi connectivity index (χ0v) is 13.2. The molecule has 1 aromatic rings. The van der Waals surface area contributed by atoms with E-state index in [1.807, 2.05) is 0 Å². The van der Waals surface area contributed by atoms with Crippen LogP contribution in [0.25, 0.3) is 0 Å². The molecule has 0 radical (unpaired) electrons. The van der Waals surface area contributed by atoms with Crippen LogP contribution in [0.1, 0.15) is 27.7 Å². The number of hydrogen-bond donors (Lipinski definition) is 0. The van der Waals surface area contributed by atoms with Crippen molar-refractivity contribution in [3.05, 3.63) is 31.6 Å². The highest BCUT2D eigenvalue weighted by atomic mass is 16.5. The summed E-state index contributed by atoms with van der Waals surface area (Å²) in [5.41, 5.74) is -3.35. The minimum atomic E-state index is -1.23. The van der Waals surface area contributed by atoms with Crippen LogP contribution in [0.2, 0.25) is 0 Å². The van der Waals surface area contributed by atoms with Gasteiger partial charge in [0.1, 0.15) is 5.50 Å². The summed E-state index contributed by atoms with van der Waals surface area (Å²) in [4.78, 5) is 36.2. The topological polar surface area (TPSA) is 140 Å². The highest BCUT2D eigenvalue weighted by Gasteiger charge is 2.33. The maximum absolute atomic E-state index is 12.5. The average Bonchev–Trinajstić information content (AvgIpc) is 2.40. The van der Waals surface area contributed by atoms with Gasteiger partial charge in [0.25, 0.3) is 12.5 Å². The van der Waals surface area contributed by atoms with Gasteiger partial charge >= 0.3 is 32.1 Å². The highest BCUT2D eigenvalue weighted by Crippen LogP contribution is 2.08. The van der Waals surface area contributed by atoms with Crippen molar-refractivity contribution in [1.29, 1.82) is 10.5 Å². The Kier molecular flexibility index (Phi) is 5.12. The van der Waals surface area contributed by atoms with Gasteiger partial charge in [0.15, 0.2) is 0 Å². The molecule has 120 valence electrons. The van der Waals surface area contributed by atoms with Crippen LogP contribution in [0.5, 0.6) is 0 Å². The second kappa shape index (κ2) is 6.48. The second-order valence-electron chi connectivity index (χ2n) is 5.98. The number of aromatic nitrogens is 2. The zero-order chi connectivity index (χ0) is 17.8. The van der Waals surface area contributed by atoms with E-state index in [9.17, 15) is 14.4 Å². The minimum Gasteiger partial charge on any atom is -0.500 e. The molecule has 0 unspecified atom stereocenters. The van der Waals surface area contributed by atoms with Crippen molar-refractivity contribution in [2.24, 2.45) is 0 Å². The molecule has 0 saturated carbocycles. The minimum absolute atomic E-state index is 0.273. The summed E-state index contributed by atoms with van der Waals surface area (Å²) >= 11 is 0. The van der Waals surface area contributed by atoms with Crippen LogP contribution in [0.3, 0.4) is 0 Å². The number of nitrogens with zero attached hydrogens (tertiary/aromatic N) is 4. The lowest BCUT2D eigenvalue weighted by Gasteiger charge is -2.24. The first-order valence-electron chi connectivity index (χ1n) is 6.51. The molecule has 0 N–H and O–H groups in total. The van der Waals surface area contributed by atoms with Gasteiger partial charge in [-0.05, 0) is 27.7 Å². The second-order valence-corrected chi connectivity index (χ2v) is 5.98. The smallest absolute Gasteiger partial charge is 0.426 e. The summed E-state index contributed by atoms with van der Waals surface area (Å²) in [6, 6.07) is 0. The van der Waals surface area contributed by atoms with Gasteiger partial charge in [-0.3, -0.25) is 4.48 Å². The summed E-state index contributed by atoms with van der Waals surface area (Å²) in [5, 5.41) is 17.0. The van der Waals surface area contributed by atoms with Crippen molar-refractivity contribution >= 4 is 14.9 Å². The van der Waals surface area contributed by atoms with Crippen molar-refractivity contribution in [2.75, 3.05) is 0 Å². The maximum atomic E-state index is 12.5. The molecule has 0 fully saturated rings. The maximum Gasteiger partial charge on any atom is 0.426 e. The largest absolute Gasteiger partial charge is 0.500 e. The molecule has 0 amide bonds. The molecule has 10 nitrogen and oxygen atoms in total. The lowest BCUT2D eigenvalue weighted by atomic mass is 9.72. The van der Waals surface area contributed by atoms with Gasteiger partial charge in [-0.1, -0.05) is 0 Å². The van der Waals surface area contributed by atoms with Crippen LogP contribution in [0, 0.1) is 23.0 Å². The molecule has 0 saturated heterocycles. The van der Waals surface area contributed by atoms with E-state index >= 15 is 0 Å². The monoisotopic (exact) mass is 320 g/mol. The molecule has 12 heteroatoms. The molecule has 1 rings (SSSR count). The van der Waals surface area contributed by atoms with E-state index in [2.05, 4.69) is 9.07 Å².